The average Bonchev–Trinajstić information content (AvgIpc) is 3.96. The fourth-order valence-corrected chi connectivity index (χ4v) is 9.22. The van der Waals surface area contributed by atoms with Crippen molar-refractivity contribution in [1.29, 1.82) is 5.26 Å². The fourth-order valence-electron chi connectivity index (χ4n) is 9.22. The van der Waals surface area contributed by atoms with Gasteiger partial charge in [0.1, 0.15) is 11.2 Å². The Kier molecular flexibility index (Phi) is 7.26. The van der Waals surface area contributed by atoms with Gasteiger partial charge < -0.3 is 13.6 Å². The summed E-state index contributed by atoms with van der Waals surface area (Å²) in [5.41, 5.74) is 15.9. The average molecular weight is 752 g/mol. The highest BCUT2D eigenvalue weighted by atomic mass is 16.3. The zero-order chi connectivity index (χ0) is 39.0. The van der Waals surface area contributed by atoms with E-state index in [2.05, 4.69) is 185 Å². The van der Waals surface area contributed by atoms with E-state index in [1.807, 2.05) is 30.3 Å². The summed E-state index contributed by atoms with van der Waals surface area (Å²) in [5, 5.41) is 16.7. The first-order valence-electron chi connectivity index (χ1n) is 19.9. The Hall–Kier alpha value is -8.13. The summed E-state index contributed by atoms with van der Waals surface area (Å²) in [7, 11) is 0. The highest BCUT2D eigenvalue weighted by Crippen LogP contribution is 2.41. The van der Waals surface area contributed by atoms with Crippen LogP contribution in [0.3, 0.4) is 0 Å². The van der Waals surface area contributed by atoms with Gasteiger partial charge in [-0.05, 0) is 107 Å². The standard InChI is InChI=1S/C55H33N3O/c56-34-35-11-8-16-42(29-35)58-50-21-6-4-17-44(50)48-31-38(25-28-52(48)58)36-12-9-13-37(30-36)39-24-27-51-49(32-39)45-26-23-40(33-53(45)57(51)41-14-2-1-3-15-41)43-19-10-20-47-46-18-5-7-22-54(46)59-55(43)47/h1-33H. The molecule has 0 aliphatic carbocycles. The second-order valence-corrected chi connectivity index (χ2v) is 15.2. The van der Waals surface area contributed by atoms with Crippen molar-refractivity contribution < 1.29 is 4.42 Å². The molecule has 0 aliphatic heterocycles. The molecule has 0 atom stereocenters. The van der Waals surface area contributed by atoms with Crippen molar-refractivity contribution in [2.24, 2.45) is 0 Å². The van der Waals surface area contributed by atoms with Crippen LogP contribution in [0.25, 0.3) is 110 Å². The Bertz CT molecular complexity index is 3690. The number of hydrogen-bond donors (Lipinski definition) is 0. The molecule has 4 nitrogen and oxygen atoms in total. The summed E-state index contributed by atoms with van der Waals surface area (Å²) >= 11 is 0. The normalized spacial score (nSPS) is 11.7. The molecule has 0 bridgehead atoms. The second kappa shape index (κ2) is 13.0. The van der Waals surface area contributed by atoms with Gasteiger partial charge in [-0.3, -0.25) is 0 Å². The van der Waals surface area contributed by atoms with Gasteiger partial charge >= 0.3 is 0 Å². The Morgan fingerprint density at radius 3 is 1.71 bits per heavy atom. The van der Waals surface area contributed by atoms with Crippen LogP contribution in [0.5, 0.6) is 0 Å². The first-order valence-corrected chi connectivity index (χ1v) is 19.9. The van der Waals surface area contributed by atoms with E-state index in [1.54, 1.807) is 0 Å². The van der Waals surface area contributed by atoms with E-state index in [1.165, 1.54) is 21.5 Å². The molecular weight excluding hydrogens is 719 g/mol. The molecule has 4 heteroatoms. The minimum absolute atomic E-state index is 0.645. The molecule has 0 radical (unpaired) electrons. The highest BCUT2D eigenvalue weighted by molar-refractivity contribution is 6.14. The van der Waals surface area contributed by atoms with Crippen LogP contribution in [0.2, 0.25) is 0 Å². The Balaban J connectivity index is 0.989. The molecule has 3 heterocycles. The summed E-state index contributed by atoms with van der Waals surface area (Å²) in [6, 6.07) is 73.3. The minimum Gasteiger partial charge on any atom is -0.455 e. The molecule has 0 unspecified atom stereocenters. The molecule has 59 heavy (non-hydrogen) atoms. The van der Waals surface area contributed by atoms with E-state index in [0.29, 0.717) is 5.56 Å². The molecule has 0 N–H and O–H groups in total. The van der Waals surface area contributed by atoms with Crippen LogP contribution >= 0.6 is 0 Å². The zero-order valence-corrected chi connectivity index (χ0v) is 31.8. The molecular formula is C55H33N3O. The molecule has 0 fully saturated rings. The summed E-state index contributed by atoms with van der Waals surface area (Å²) < 4.78 is 11.1. The highest BCUT2D eigenvalue weighted by Gasteiger charge is 2.18. The number of furan rings is 1. The van der Waals surface area contributed by atoms with Crippen molar-refractivity contribution in [3.8, 4) is 50.8 Å². The molecule has 12 rings (SSSR count). The van der Waals surface area contributed by atoms with E-state index in [-0.39, 0.29) is 0 Å². The third kappa shape index (κ3) is 5.16. The van der Waals surface area contributed by atoms with E-state index in [9.17, 15) is 5.26 Å². The Morgan fingerprint density at radius 2 is 0.932 bits per heavy atom. The third-order valence-corrected chi connectivity index (χ3v) is 11.9. The first kappa shape index (κ1) is 33.1. The lowest BCUT2D eigenvalue weighted by atomic mass is 9.96. The topological polar surface area (TPSA) is 46.8 Å². The third-order valence-electron chi connectivity index (χ3n) is 11.9. The number of benzene rings is 9. The number of nitrogens with zero attached hydrogens (tertiary/aromatic N) is 3. The van der Waals surface area contributed by atoms with Gasteiger partial charge in [0.05, 0.1) is 33.7 Å². The van der Waals surface area contributed by atoms with Crippen LogP contribution in [-0.2, 0) is 0 Å². The maximum atomic E-state index is 9.64. The molecule has 12 aromatic rings. The van der Waals surface area contributed by atoms with E-state index in [0.717, 1.165) is 88.8 Å². The van der Waals surface area contributed by atoms with Gasteiger partial charge in [0, 0.05) is 49.3 Å². The Labute approximate surface area is 339 Å². The quantitative estimate of drug-likeness (QED) is 0.176. The lowest BCUT2D eigenvalue weighted by Gasteiger charge is -2.10. The molecule has 0 amide bonds. The van der Waals surface area contributed by atoms with Crippen LogP contribution in [0.4, 0.5) is 0 Å². The van der Waals surface area contributed by atoms with Crippen molar-refractivity contribution in [2.75, 3.05) is 0 Å². The van der Waals surface area contributed by atoms with Crippen molar-refractivity contribution in [2.45, 2.75) is 0 Å². The molecule has 0 saturated carbocycles. The van der Waals surface area contributed by atoms with Crippen LogP contribution in [0.1, 0.15) is 5.56 Å². The summed E-state index contributed by atoms with van der Waals surface area (Å²) in [6.45, 7) is 0. The lowest BCUT2D eigenvalue weighted by molar-refractivity contribution is 0.670. The summed E-state index contributed by atoms with van der Waals surface area (Å²) in [6.07, 6.45) is 0. The molecule has 3 aromatic heterocycles. The predicted molar refractivity (Wildman–Crippen MR) is 243 cm³/mol. The predicted octanol–water partition coefficient (Wildman–Crippen LogP) is 14.7. The molecule has 274 valence electrons. The number of fused-ring (bicyclic) bond motifs is 9. The van der Waals surface area contributed by atoms with Crippen molar-refractivity contribution in [1.82, 2.24) is 9.13 Å². The maximum Gasteiger partial charge on any atom is 0.143 e. The maximum absolute atomic E-state index is 9.64. The van der Waals surface area contributed by atoms with Crippen LogP contribution < -0.4 is 0 Å². The van der Waals surface area contributed by atoms with Gasteiger partial charge in [0.15, 0.2) is 0 Å². The van der Waals surface area contributed by atoms with E-state index in [4.69, 9.17) is 4.42 Å². The SMILES string of the molecule is N#Cc1cccc(-n2c3ccccc3c3cc(-c4cccc(-c5ccc6c(c5)c5ccc(-c7cccc8c7oc7ccccc78)cc5n6-c5ccccc5)c4)ccc32)c1. The number of nitriles is 1. The molecule has 0 saturated heterocycles. The molecule has 0 spiro atoms. The van der Waals surface area contributed by atoms with Gasteiger partial charge in [-0.1, -0.05) is 121 Å². The van der Waals surface area contributed by atoms with Crippen molar-refractivity contribution >= 4 is 65.6 Å². The van der Waals surface area contributed by atoms with Crippen LogP contribution in [0.15, 0.2) is 205 Å². The van der Waals surface area contributed by atoms with Crippen molar-refractivity contribution in [3.05, 3.63) is 206 Å². The minimum atomic E-state index is 0.645. The van der Waals surface area contributed by atoms with Crippen LogP contribution in [-0.4, -0.2) is 9.13 Å². The van der Waals surface area contributed by atoms with Crippen LogP contribution in [0, 0.1) is 11.3 Å². The first-order chi connectivity index (χ1) is 29.2. The number of rotatable bonds is 5. The van der Waals surface area contributed by atoms with Crippen molar-refractivity contribution in [3.63, 3.8) is 0 Å². The van der Waals surface area contributed by atoms with Gasteiger partial charge in [-0.25, -0.2) is 0 Å². The van der Waals surface area contributed by atoms with E-state index < -0.39 is 0 Å². The number of hydrogen-bond acceptors (Lipinski definition) is 2. The molecule has 9 aromatic carbocycles. The smallest absolute Gasteiger partial charge is 0.143 e. The lowest BCUT2D eigenvalue weighted by Crippen LogP contribution is -1.94. The summed E-state index contributed by atoms with van der Waals surface area (Å²) in [4.78, 5) is 0. The molecule has 0 aliphatic rings. The monoisotopic (exact) mass is 751 g/mol. The second-order valence-electron chi connectivity index (χ2n) is 15.2. The van der Waals surface area contributed by atoms with Gasteiger partial charge in [0.25, 0.3) is 0 Å². The Morgan fingerprint density at radius 1 is 0.356 bits per heavy atom. The van der Waals surface area contributed by atoms with Gasteiger partial charge in [-0.15, -0.1) is 0 Å². The van der Waals surface area contributed by atoms with Gasteiger partial charge in [0.2, 0.25) is 0 Å². The summed E-state index contributed by atoms with van der Waals surface area (Å²) in [5.74, 6) is 0. The van der Waals surface area contributed by atoms with E-state index >= 15 is 0 Å². The zero-order valence-electron chi connectivity index (χ0n) is 31.8. The largest absolute Gasteiger partial charge is 0.455 e. The van der Waals surface area contributed by atoms with Gasteiger partial charge in [-0.2, -0.15) is 5.26 Å². The number of aromatic nitrogens is 2. The number of para-hydroxylation sites is 4. The fraction of sp³-hybridized carbons (Fsp3) is 0.